The van der Waals surface area contributed by atoms with Crippen molar-refractivity contribution in [3.63, 3.8) is 0 Å². The predicted molar refractivity (Wildman–Crippen MR) is 128 cm³/mol. The Kier molecular flexibility index (Phi) is 9.49. The maximum atomic E-state index is 13.1. The second-order valence-electron chi connectivity index (χ2n) is 7.66. The lowest BCUT2D eigenvalue weighted by Gasteiger charge is -2.33. The summed E-state index contributed by atoms with van der Waals surface area (Å²) in [6, 6.07) is 10.5. The van der Waals surface area contributed by atoms with Crippen molar-refractivity contribution in [2.45, 2.75) is 37.8 Å². The number of nitrogens with zero attached hydrogens (tertiary/aromatic N) is 1. The standard InChI is InChI=1S/C23H30BrN3O3S/c1-31-15-11-19(26-22(28)17-8-3-4-9-18(17)24)23(29)25-16-20(21-10-7-14-30-21)27-12-5-2-6-13-27/h3-4,7-10,14,19-20H,2,5-6,11-13,15-16H2,1H3,(H,25,29)(H,26,28)/t19-,20-/m0/s1. The molecule has 0 unspecified atom stereocenters. The second-order valence-corrected chi connectivity index (χ2v) is 9.50. The number of carbonyl (C=O) groups is 2. The number of halogens is 1. The van der Waals surface area contributed by atoms with Crippen LogP contribution in [0.4, 0.5) is 0 Å². The second kappa shape index (κ2) is 12.3. The SMILES string of the molecule is CSCC[C@H](NC(=O)c1ccccc1Br)C(=O)NC[C@@H](c1ccco1)N1CCCCC1. The minimum absolute atomic E-state index is 0.000538. The largest absolute Gasteiger partial charge is 0.468 e. The van der Waals surface area contributed by atoms with Gasteiger partial charge in [-0.3, -0.25) is 14.5 Å². The average Bonchev–Trinajstić information content (AvgIpc) is 3.32. The number of benzene rings is 1. The summed E-state index contributed by atoms with van der Waals surface area (Å²) in [5.41, 5.74) is 0.520. The fourth-order valence-electron chi connectivity index (χ4n) is 3.83. The van der Waals surface area contributed by atoms with Gasteiger partial charge < -0.3 is 15.1 Å². The first-order valence-electron chi connectivity index (χ1n) is 10.7. The summed E-state index contributed by atoms with van der Waals surface area (Å²) in [6.07, 6.45) is 7.79. The Morgan fingerprint density at radius 3 is 2.61 bits per heavy atom. The summed E-state index contributed by atoms with van der Waals surface area (Å²) in [7, 11) is 0. The first kappa shape index (κ1) is 23.9. The normalized spacial score (nSPS) is 16.5. The summed E-state index contributed by atoms with van der Waals surface area (Å²) in [4.78, 5) is 28.2. The molecule has 2 N–H and O–H groups in total. The van der Waals surface area contributed by atoms with Gasteiger partial charge in [0.15, 0.2) is 0 Å². The molecule has 1 aromatic carbocycles. The third kappa shape index (κ3) is 6.85. The molecule has 1 aliphatic rings. The molecule has 2 heterocycles. The summed E-state index contributed by atoms with van der Waals surface area (Å²) in [5.74, 6) is 1.22. The fraction of sp³-hybridized carbons (Fsp3) is 0.478. The van der Waals surface area contributed by atoms with Crippen LogP contribution in [0.3, 0.4) is 0 Å². The van der Waals surface area contributed by atoms with Crippen LogP contribution in [0.5, 0.6) is 0 Å². The van der Waals surface area contributed by atoms with Gasteiger partial charge in [0.25, 0.3) is 5.91 Å². The van der Waals surface area contributed by atoms with Crippen LogP contribution in [0.2, 0.25) is 0 Å². The Hall–Kier alpha value is -1.77. The van der Waals surface area contributed by atoms with Crippen LogP contribution >= 0.6 is 27.7 Å². The number of carbonyl (C=O) groups excluding carboxylic acids is 2. The van der Waals surface area contributed by atoms with Crippen LogP contribution in [0.25, 0.3) is 0 Å². The molecule has 3 rings (SSSR count). The van der Waals surface area contributed by atoms with Crippen LogP contribution in [-0.4, -0.2) is 54.4 Å². The number of rotatable bonds is 10. The van der Waals surface area contributed by atoms with Crippen molar-refractivity contribution < 1.29 is 14.0 Å². The van der Waals surface area contributed by atoms with E-state index in [2.05, 4.69) is 31.5 Å². The van der Waals surface area contributed by atoms with Crippen molar-refractivity contribution in [3.05, 3.63) is 58.5 Å². The van der Waals surface area contributed by atoms with Crippen molar-refractivity contribution in [1.82, 2.24) is 15.5 Å². The van der Waals surface area contributed by atoms with Crippen molar-refractivity contribution in [2.24, 2.45) is 0 Å². The van der Waals surface area contributed by atoms with Gasteiger partial charge in [0.05, 0.1) is 17.9 Å². The zero-order valence-electron chi connectivity index (χ0n) is 17.8. The number of furan rings is 1. The third-order valence-electron chi connectivity index (χ3n) is 5.52. The van der Waals surface area contributed by atoms with Gasteiger partial charge in [0, 0.05) is 11.0 Å². The van der Waals surface area contributed by atoms with E-state index in [0.717, 1.165) is 37.4 Å². The molecule has 0 saturated carbocycles. The highest BCUT2D eigenvalue weighted by Crippen LogP contribution is 2.24. The lowest BCUT2D eigenvalue weighted by molar-refractivity contribution is -0.123. The van der Waals surface area contributed by atoms with Crippen LogP contribution in [0, 0.1) is 0 Å². The summed E-state index contributed by atoms with van der Waals surface area (Å²) < 4.78 is 6.38. The highest BCUT2D eigenvalue weighted by Gasteiger charge is 2.27. The third-order valence-corrected chi connectivity index (χ3v) is 6.86. The number of piperidine rings is 1. The topological polar surface area (TPSA) is 74.6 Å². The Bertz CT molecular complexity index is 840. The zero-order valence-corrected chi connectivity index (χ0v) is 20.2. The molecule has 0 aliphatic carbocycles. The lowest BCUT2D eigenvalue weighted by Crippen LogP contribution is -2.49. The number of amides is 2. The Balaban J connectivity index is 1.66. The van der Waals surface area contributed by atoms with Gasteiger partial charge >= 0.3 is 0 Å². The van der Waals surface area contributed by atoms with Gasteiger partial charge in [0.2, 0.25) is 5.91 Å². The maximum absolute atomic E-state index is 13.1. The molecule has 2 amide bonds. The van der Waals surface area contributed by atoms with E-state index < -0.39 is 6.04 Å². The number of hydrogen-bond acceptors (Lipinski definition) is 5. The van der Waals surface area contributed by atoms with Gasteiger partial charge in [-0.05, 0) is 84.6 Å². The smallest absolute Gasteiger partial charge is 0.253 e. The van der Waals surface area contributed by atoms with E-state index in [1.807, 2.05) is 36.6 Å². The number of thioether (sulfide) groups is 1. The monoisotopic (exact) mass is 507 g/mol. The van der Waals surface area contributed by atoms with E-state index >= 15 is 0 Å². The molecule has 0 radical (unpaired) electrons. The molecule has 1 saturated heterocycles. The highest BCUT2D eigenvalue weighted by atomic mass is 79.9. The first-order valence-corrected chi connectivity index (χ1v) is 12.9. The molecule has 31 heavy (non-hydrogen) atoms. The Morgan fingerprint density at radius 2 is 1.94 bits per heavy atom. The molecule has 6 nitrogen and oxygen atoms in total. The summed E-state index contributed by atoms with van der Waals surface area (Å²) in [6.45, 7) is 2.44. The van der Waals surface area contributed by atoms with Crippen LogP contribution in [0.1, 0.15) is 47.8 Å². The molecule has 2 atom stereocenters. The van der Waals surface area contributed by atoms with Gasteiger partial charge in [-0.2, -0.15) is 11.8 Å². The Labute approximate surface area is 196 Å². The van der Waals surface area contributed by atoms with Crippen LogP contribution in [-0.2, 0) is 4.79 Å². The number of nitrogens with one attached hydrogen (secondary N) is 2. The Morgan fingerprint density at radius 1 is 1.16 bits per heavy atom. The molecule has 1 aromatic heterocycles. The van der Waals surface area contributed by atoms with E-state index in [9.17, 15) is 9.59 Å². The van der Waals surface area contributed by atoms with E-state index in [1.54, 1.807) is 24.1 Å². The van der Waals surface area contributed by atoms with Gasteiger partial charge in [-0.15, -0.1) is 0 Å². The molecule has 1 aliphatic heterocycles. The lowest BCUT2D eigenvalue weighted by atomic mass is 10.1. The van der Waals surface area contributed by atoms with Gasteiger partial charge in [-0.25, -0.2) is 0 Å². The number of likely N-dealkylation sites (tertiary alicyclic amines) is 1. The molecule has 1 fully saturated rings. The van der Waals surface area contributed by atoms with E-state index in [1.165, 1.54) is 6.42 Å². The molecule has 0 spiro atoms. The fourth-order valence-corrected chi connectivity index (χ4v) is 4.76. The van der Waals surface area contributed by atoms with Crippen molar-refractivity contribution in [2.75, 3.05) is 31.6 Å². The first-order chi connectivity index (χ1) is 15.1. The van der Waals surface area contributed by atoms with Crippen LogP contribution in [0.15, 0.2) is 51.6 Å². The van der Waals surface area contributed by atoms with Crippen LogP contribution < -0.4 is 10.6 Å². The van der Waals surface area contributed by atoms with E-state index in [4.69, 9.17) is 4.42 Å². The zero-order chi connectivity index (χ0) is 22.1. The van der Waals surface area contributed by atoms with Gasteiger partial charge in [0.1, 0.15) is 11.8 Å². The molecule has 8 heteroatoms. The average molecular weight is 508 g/mol. The quantitative estimate of drug-likeness (QED) is 0.503. The highest BCUT2D eigenvalue weighted by molar-refractivity contribution is 9.10. The van der Waals surface area contributed by atoms with Crippen molar-refractivity contribution in [1.29, 1.82) is 0 Å². The van der Waals surface area contributed by atoms with E-state index in [0.29, 0.717) is 23.0 Å². The maximum Gasteiger partial charge on any atom is 0.253 e. The molecule has 0 bridgehead atoms. The number of hydrogen-bond donors (Lipinski definition) is 2. The van der Waals surface area contributed by atoms with E-state index in [-0.39, 0.29) is 17.9 Å². The van der Waals surface area contributed by atoms with Crippen molar-refractivity contribution >= 4 is 39.5 Å². The minimum Gasteiger partial charge on any atom is -0.468 e. The van der Waals surface area contributed by atoms with Gasteiger partial charge in [-0.1, -0.05) is 18.6 Å². The molecular formula is C23H30BrN3O3S. The molecule has 2 aromatic rings. The summed E-state index contributed by atoms with van der Waals surface area (Å²) in [5, 5.41) is 5.99. The molecular weight excluding hydrogens is 478 g/mol. The summed E-state index contributed by atoms with van der Waals surface area (Å²) >= 11 is 5.07. The molecule has 168 valence electrons. The van der Waals surface area contributed by atoms with Crippen molar-refractivity contribution in [3.8, 4) is 0 Å². The minimum atomic E-state index is -0.592. The predicted octanol–water partition coefficient (Wildman–Crippen LogP) is 4.24.